The van der Waals surface area contributed by atoms with E-state index in [4.69, 9.17) is 14.7 Å². The largest absolute Gasteiger partial charge is 0.490 e. The van der Waals surface area contributed by atoms with Gasteiger partial charge in [-0.2, -0.15) is 18.4 Å². The van der Waals surface area contributed by atoms with Crippen molar-refractivity contribution in [2.45, 2.75) is 6.18 Å². The highest BCUT2D eigenvalue weighted by atomic mass is 19.4. The number of alkyl halides is 3. The number of benzene rings is 1. The average molecular weight is 245 g/mol. The van der Waals surface area contributed by atoms with Crippen molar-refractivity contribution in [1.29, 1.82) is 5.26 Å². The van der Waals surface area contributed by atoms with E-state index in [1.165, 1.54) is 7.11 Å². The zero-order chi connectivity index (χ0) is 12.9. The Morgan fingerprint density at radius 3 is 2.53 bits per heavy atom. The van der Waals surface area contributed by atoms with E-state index >= 15 is 0 Å². The van der Waals surface area contributed by atoms with Gasteiger partial charge in [-0.1, -0.05) is 0 Å². The predicted molar refractivity (Wildman–Crippen MR) is 53.5 cm³/mol. The van der Waals surface area contributed by atoms with Crippen LogP contribution in [-0.2, 0) is 10.9 Å². The standard InChI is InChI=1S/C11H10F3NO2/c1-16-4-5-17-10-3-2-9(11(12,13)14)6-8(10)7-15/h2-3,6H,4-5H2,1H3. The van der Waals surface area contributed by atoms with Crippen molar-refractivity contribution in [3.05, 3.63) is 29.3 Å². The first-order chi connectivity index (χ1) is 7.99. The molecule has 17 heavy (non-hydrogen) atoms. The van der Waals surface area contributed by atoms with Gasteiger partial charge in [0.15, 0.2) is 0 Å². The summed E-state index contributed by atoms with van der Waals surface area (Å²) in [4.78, 5) is 0. The van der Waals surface area contributed by atoms with Crippen molar-refractivity contribution in [3.8, 4) is 11.8 Å². The lowest BCUT2D eigenvalue weighted by Crippen LogP contribution is -2.08. The van der Waals surface area contributed by atoms with Crippen LogP contribution in [0, 0.1) is 11.3 Å². The first-order valence-corrected chi connectivity index (χ1v) is 4.72. The number of nitrogens with zero attached hydrogens (tertiary/aromatic N) is 1. The van der Waals surface area contributed by atoms with Crippen LogP contribution in [0.1, 0.15) is 11.1 Å². The fraction of sp³-hybridized carbons (Fsp3) is 0.364. The van der Waals surface area contributed by atoms with Crippen molar-refractivity contribution in [1.82, 2.24) is 0 Å². The summed E-state index contributed by atoms with van der Waals surface area (Å²) in [6.45, 7) is 0.475. The van der Waals surface area contributed by atoms with Gasteiger partial charge in [0.25, 0.3) is 0 Å². The van der Waals surface area contributed by atoms with E-state index in [0.717, 1.165) is 18.2 Å². The number of nitriles is 1. The smallest absolute Gasteiger partial charge is 0.416 e. The summed E-state index contributed by atoms with van der Waals surface area (Å²) in [6, 6.07) is 4.45. The second kappa shape index (κ2) is 5.55. The molecule has 0 radical (unpaired) electrons. The van der Waals surface area contributed by atoms with Crippen LogP contribution in [0.3, 0.4) is 0 Å². The molecular formula is C11H10F3NO2. The molecule has 3 nitrogen and oxygen atoms in total. The second-order valence-corrected chi connectivity index (χ2v) is 3.16. The molecular weight excluding hydrogens is 235 g/mol. The van der Waals surface area contributed by atoms with Crippen LogP contribution in [0.2, 0.25) is 0 Å². The number of rotatable bonds is 4. The van der Waals surface area contributed by atoms with Crippen LogP contribution in [0.5, 0.6) is 5.75 Å². The molecule has 0 saturated heterocycles. The van der Waals surface area contributed by atoms with E-state index in [0.29, 0.717) is 6.61 Å². The maximum Gasteiger partial charge on any atom is 0.416 e. The van der Waals surface area contributed by atoms with Crippen LogP contribution >= 0.6 is 0 Å². The maximum absolute atomic E-state index is 12.4. The van der Waals surface area contributed by atoms with Crippen molar-refractivity contribution < 1.29 is 22.6 Å². The summed E-state index contributed by atoms with van der Waals surface area (Å²) in [6.07, 6.45) is -4.46. The van der Waals surface area contributed by atoms with Gasteiger partial charge in [-0.15, -0.1) is 0 Å². The SMILES string of the molecule is COCCOc1ccc(C(F)(F)F)cc1C#N. The molecule has 0 aliphatic rings. The molecule has 0 aliphatic carbocycles. The van der Waals surface area contributed by atoms with Gasteiger partial charge in [-0.25, -0.2) is 0 Å². The lowest BCUT2D eigenvalue weighted by molar-refractivity contribution is -0.137. The van der Waals surface area contributed by atoms with Crippen LogP contribution in [0.25, 0.3) is 0 Å². The van der Waals surface area contributed by atoms with Crippen LogP contribution < -0.4 is 4.74 Å². The van der Waals surface area contributed by atoms with Gasteiger partial charge in [0.1, 0.15) is 18.4 Å². The van der Waals surface area contributed by atoms with E-state index in [-0.39, 0.29) is 17.9 Å². The first kappa shape index (κ1) is 13.3. The Morgan fingerprint density at radius 2 is 2.00 bits per heavy atom. The highest BCUT2D eigenvalue weighted by molar-refractivity contribution is 5.46. The molecule has 0 atom stereocenters. The lowest BCUT2D eigenvalue weighted by Gasteiger charge is -2.10. The maximum atomic E-state index is 12.4. The highest BCUT2D eigenvalue weighted by Gasteiger charge is 2.31. The number of ether oxygens (including phenoxy) is 2. The molecule has 0 N–H and O–H groups in total. The molecule has 1 aromatic carbocycles. The minimum absolute atomic E-state index is 0.123. The third kappa shape index (κ3) is 3.64. The Balaban J connectivity index is 2.91. The topological polar surface area (TPSA) is 42.2 Å². The van der Waals surface area contributed by atoms with Gasteiger partial charge in [-0.3, -0.25) is 0 Å². The van der Waals surface area contributed by atoms with E-state index in [9.17, 15) is 13.2 Å². The summed E-state index contributed by atoms with van der Waals surface area (Å²) in [5.74, 6) is 0.123. The van der Waals surface area contributed by atoms with E-state index in [2.05, 4.69) is 0 Å². The lowest BCUT2D eigenvalue weighted by atomic mass is 10.1. The van der Waals surface area contributed by atoms with Crippen LogP contribution in [0.15, 0.2) is 18.2 Å². The zero-order valence-electron chi connectivity index (χ0n) is 9.04. The molecule has 6 heteroatoms. The van der Waals surface area contributed by atoms with Crippen molar-refractivity contribution in [2.24, 2.45) is 0 Å². The molecule has 0 heterocycles. The van der Waals surface area contributed by atoms with Gasteiger partial charge in [0.2, 0.25) is 0 Å². The predicted octanol–water partition coefficient (Wildman–Crippen LogP) is 2.60. The monoisotopic (exact) mass is 245 g/mol. The third-order valence-electron chi connectivity index (χ3n) is 1.97. The van der Waals surface area contributed by atoms with E-state index in [1.807, 2.05) is 0 Å². The number of hydrogen-bond donors (Lipinski definition) is 0. The average Bonchev–Trinajstić information content (AvgIpc) is 2.28. The summed E-state index contributed by atoms with van der Waals surface area (Å²) in [5.41, 5.74) is -1.01. The Kier molecular flexibility index (Phi) is 4.35. The molecule has 0 amide bonds. The molecule has 92 valence electrons. The van der Waals surface area contributed by atoms with Gasteiger partial charge in [0, 0.05) is 7.11 Å². The number of halogens is 3. The molecule has 0 fully saturated rings. The summed E-state index contributed by atoms with van der Waals surface area (Å²) >= 11 is 0. The minimum Gasteiger partial charge on any atom is -0.490 e. The molecule has 0 unspecified atom stereocenters. The molecule has 0 bridgehead atoms. The number of hydrogen-bond acceptors (Lipinski definition) is 3. The molecule has 0 saturated carbocycles. The van der Waals surface area contributed by atoms with Gasteiger partial charge < -0.3 is 9.47 Å². The molecule has 0 aliphatic heterocycles. The minimum atomic E-state index is -4.46. The Hall–Kier alpha value is -1.74. The van der Waals surface area contributed by atoms with E-state index in [1.54, 1.807) is 6.07 Å². The fourth-order valence-electron chi connectivity index (χ4n) is 1.15. The summed E-state index contributed by atoms with van der Waals surface area (Å²) in [7, 11) is 1.47. The van der Waals surface area contributed by atoms with Crippen molar-refractivity contribution >= 4 is 0 Å². The van der Waals surface area contributed by atoms with E-state index < -0.39 is 11.7 Å². The fourth-order valence-corrected chi connectivity index (χ4v) is 1.15. The Morgan fingerprint density at radius 1 is 1.29 bits per heavy atom. The summed E-state index contributed by atoms with van der Waals surface area (Å²) in [5, 5.41) is 8.74. The molecule has 1 aromatic rings. The first-order valence-electron chi connectivity index (χ1n) is 4.72. The Bertz CT molecular complexity index is 424. The third-order valence-corrected chi connectivity index (χ3v) is 1.97. The molecule has 0 aromatic heterocycles. The number of methoxy groups -OCH3 is 1. The summed E-state index contributed by atoms with van der Waals surface area (Å²) < 4.78 is 47.0. The Labute approximate surface area is 96.4 Å². The van der Waals surface area contributed by atoms with Gasteiger partial charge >= 0.3 is 6.18 Å². The molecule has 1 rings (SSSR count). The van der Waals surface area contributed by atoms with Crippen molar-refractivity contribution in [2.75, 3.05) is 20.3 Å². The second-order valence-electron chi connectivity index (χ2n) is 3.16. The zero-order valence-corrected chi connectivity index (χ0v) is 9.04. The van der Waals surface area contributed by atoms with Crippen LogP contribution in [-0.4, -0.2) is 20.3 Å². The van der Waals surface area contributed by atoms with Gasteiger partial charge in [-0.05, 0) is 18.2 Å². The normalized spacial score (nSPS) is 11.0. The molecule has 0 spiro atoms. The highest BCUT2D eigenvalue weighted by Crippen LogP contribution is 2.32. The quantitative estimate of drug-likeness (QED) is 0.766. The van der Waals surface area contributed by atoms with Gasteiger partial charge in [0.05, 0.1) is 17.7 Å². The van der Waals surface area contributed by atoms with Crippen molar-refractivity contribution in [3.63, 3.8) is 0 Å². The van der Waals surface area contributed by atoms with Crippen LogP contribution in [0.4, 0.5) is 13.2 Å².